The number of anilines is 1. The zero-order chi connectivity index (χ0) is 13.1. The van der Waals surface area contributed by atoms with E-state index in [0.29, 0.717) is 12.1 Å². The lowest BCUT2D eigenvalue weighted by molar-refractivity contribution is -0.118. The summed E-state index contributed by atoms with van der Waals surface area (Å²) in [6.07, 6.45) is 0. The van der Waals surface area contributed by atoms with E-state index in [4.69, 9.17) is 5.26 Å². The Morgan fingerprint density at radius 2 is 2.11 bits per heavy atom. The highest BCUT2D eigenvalue weighted by molar-refractivity contribution is 5.92. The van der Waals surface area contributed by atoms with Crippen LogP contribution in [0, 0.1) is 17.2 Å². The molecule has 2 rings (SSSR count). The fourth-order valence-electron chi connectivity index (χ4n) is 1.92. The minimum absolute atomic E-state index is 0.0606. The van der Waals surface area contributed by atoms with Crippen molar-refractivity contribution in [3.63, 3.8) is 0 Å². The van der Waals surface area contributed by atoms with Gasteiger partial charge in [-0.1, -0.05) is 0 Å². The van der Waals surface area contributed by atoms with Crippen molar-refractivity contribution in [2.75, 3.05) is 25.1 Å². The van der Waals surface area contributed by atoms with Gasteiger partial charge >= 0.3 is 5.97 Å². The van der Waals surface area contributed by atoms with Crippen molar-refractivity contribution in [3.05, 3.63) is 29.8 Å². The summed E-state index contributed by atoms with van der Waals surface area (Å²) in [6.45, 7) is 0.655. The van der Waals surface area contributed by atoms with E-state index >= 15 is 0 Å². The highest BCUT2D eigenvalue weighted by Crippen LogP contribution is 2.22. The molecule has 0 saturated carbocycles. The van der Waals surface area contributed by atoms with Gasteiger partial charge in [0.25, 0.3) is 0 Å². The number of nitrogens with zero attached hydrogens (tertiary/aromatic N) is 2. The van der Waals surface area contributed by atoms with E-state index < -0.39 is 11.9 Å². The zero-order valence-electron chi connectivity index (χ0n) is 9.92. The SMILES string of the molecule is COC(=O)c1ccc(N2CC(=O)[C@@H](C#N)C2)cc1. The van der Waals surface area contributed by atoms with Gasteiger partial charge in [0.2, 0.25) is 0 Å². The number of nitriles is 1. The Balaban J connectivity index is 2.14. The minimum Gasteiger partial charge on any atom is -0.465 e. The molecule has 0 N–H and O–H groups in total. The lowest BCUT2D eigenvalue weighted by Gasteiger charge is -2.16. The van der Waals surface area contributed by atoms with E-state index in [1.165, 1.54) is 7.11 Å². The Bertz CT molecular complexity index is 516. The predicted octanol–water partition coefficient (Wildman–Crippen LogP) is 1.00. The maximum Gasteiger partial charge on any atom is 0.337 e. The lowest BCUT2D eigenvalue weighted by atomic mass is 10.1. The fourth-order valence-corrected chi connectivity index (χ4v) is 1.92. The number of Topliss-reactive ketones (excluding diaryl/α,β-unsaturated/α-hetero) is 1. The van der Waals surface area contributed by atoms with E-state index in [1.54, 1.807) is 24.3 Å². The zero-order valence-corrected chi connectivity index (χ0v) is 9.92. The molecule has 1 aliphatic rings. The molecule has 5 heteroatoms. The molecule has 92 valence electrons. The topological polar surface area (TPSA) is 70.4 Å². The first kappa shape index (κ1) is 12.1. The minimum atomic E-state index is -0.551. The molecule has 0 radical (unpaired) electrons. The molecule has 1 aromatic carbocycles. The molecule has 0 aliphatic carbocycles. The van der Waals surface area contributed by atoms with Gasteiger partial charge in [-0.3, -0.25) is 4.79 Å². The van der Waals surface area contributed by atoms with E-state index in [1.807, 2.05) is 11.0 Å². The van der Waals surface area contributed by atoms with E-state index in [0.717, 1.165) is 5.69 Å². The molecule has 5 nitrogen and oxygen atoms in total. The van der Waals surface area contributed by atoms with Crippen molar-refractivity contribution < 1.29 is 14.3 Å². The lowest BCUT2D eigenvalue weighted by Crippen LogP contribution is -2.19. The highest BCUT2D eigenvalue weighted by Gasteiger charge is 2.30. The van der Waals surface area contributed by atoms with E-state index in [2.05, 4.69) is 4.74 Å². The largest absolute Gasteiger partial charge is 0.465 e. The van der Waals surface area contributed by atoms with Crippen LogP contribution in [-0.4, -0.2) is 32.0 Å². The predicted molar refractivity (Wildman–Crippen MR) is 64.1 cm³/mol. The van der Waals surface area contributed by atoms with Crippen LogP contribution in [0.3, 0.4) is 0 Å². The van der Waals surface area contributed by atoms with Gasteiger partial charge in [0.05, 0.1) is 25.3 Å². The third kappa shape index (κ3) is 2.18. The van der Waals surface area contributed by atoms with Crippen LogP contribution in [0.2, 0.25) is 0 Å². The summed E-state index contributed by atoms with van der Waals surface area (Å²) in [4.78, 5) is 24.6. The maximum absolute atomic E-state index is 11.5. The van der Waals surface area contributed by atoms with Crippen LogP contribution < -0.4 is 4.90 Å². The summed E-state index contributed by atoms with van der Waals surface area (Å²) in [7, 11) is 1.33. The molecule has 0 aromatic heterocycles. The number of carbonyl (C=O) groups is 2. The van der Waals surface area contributed by atoms with Crippen LogP contribution in [-0.2, 0) is 9.53 Å². The number of esters is 1. The average Bonchev–Trinajstić information content (AvgIpc) is 2.79. The first-order valence-electron chi connectivity index (χ1n) is 5.51. The van der Waals surface area contributed by atoms with Gasteiger partial charge in [0, 0.05) is 12.2 Å². The second kappa shape index (κ2) is 4.88. The van der Waals surface area contributed by atoms with E-state index in [9.17, 15) is 9.59 Å². The molecule has 0 spiro atoms. The molecular formula is C13H12N2O3. The van der Waals surface area contributed by atoms with Crippen LogP contribution in [0.4, 0.5) is 5.69 Å². The molecule has 1 fully saturated rings. The summed E-state index contributed by atoms with van der Waals surface area (Å²) >= 11 is 0. The highest BCUT2D eigenvalue weighted by atomic mass is 16.5. The van der Waals surface area contributed by atoms with Crippen LogP contribution >= 0.6 is 0 Å². The second-order valence-electron chi connectivity index (χ2n) is 4.07. The smallest absolute Gasteiger partial charge is 0.337 e. The third-order valence-electron chi connectivity index (χ3n) is 2.95. The van der Waals surface area contributed by atoms with Crippen molar-refractivity contribution in [3.8, 4) is 6.07 Å². The summed E-state index contributed by atoms with van der Waals surface area (Å²) in [6, 6.07) is 8.77. The van der Waals surface area contributed by atoms with Crippen LogP contribution in [0.15, 0.2) is 24.3 Å². The van der Waals surface area contributed by atoms with Crippen molar-refractivity contribution in [1.29, 1.82) is 5.26 Å². The molecule has 1 heterocycles. The standard InChI is InChI=1S/C13H12N2O3/c1-18-13(17)9-2-4-11(5-3-9)15-7-10(6-14)12(16)8-15/h2-5,10H,7-8H2,1H3/t10-/m0/s1. The van der Waals surface area contributed by atoms with Gasteiger partial charge in [-0.25, -0.2) is 4.79 Å². The van der Waals surface area contributed by atoms with Gasteiger partial charge in [-0.05, 0) is 24.3 Å². The first-order chi connectivity index (χ1) is 8.65. The van der Waals surface area contributed by atoms with Crippen molar-refractivity contribution in [2.24, 2.45) is 5.92 Å². The molecular weight excluding hydrogens is 232 g/mol. The Kier molecular flexibility index (Phi) is 3.28. The van der Waals surface area contributed by atoms with Gasteiger partial charge < -0.3 is 9.64 Å². The second-order valence-corrected chi connectivity index (χ2v) is 4.07. The number of ketones is 1. The van der Waals surface area contributed by atoms with Gasteiger partial charge in [0.1, 0.15) is 5.92 Å². The van der Waals surface area contributed by atoms with Gasteiger partial charge in [-0.2, -0.15) is 5.26 Å². The molecule has 0 bridgehead atoms. The average molecular weight is 244 g/mol. The van der Waals surface area contributed by atoms with Gasteiger partial charge in [-0.15, -0.1) is 0 Å². The Morgan fingerprint density at radius 3 is 2.61 bits per heavy atom. The quantitative estimate of drug-likeness (QED) is 0.726. The number of hydrogen-bond acceptors (Lipinski definition) is 5. The van der Waals surface area contributed by atoms with Crippen molar-refractivity contribution in [1.82, 2.24) is 0 Å². The molecule has 1 saturated heterocycles. The van der Waals surface area contributed by atoms with Crippen LogP contribution in [0.1, 0.15) is 10.4 Å². The summed E-state index contributed by atoms with van der Waals surface area (Å²) < 4.78 is 4.60. The Hall–Kier alpha value is -2.35. The van der Waals surface area contributed by atoms with Gasteiger partial charge in [0.15, 0.2) is 5.78 Å². The number of hydrogen-bond donors (Lipinski definition) is 0. The molecule has 1 atom stereocenters. The summed E-state index contributed by atoms with van der Waals surface area (Å²) in [5, 5.41) is 8.79. The third-order valence-corrected chi connectivity index (χ3v) is 2.95. The summed E-state index contributed by atoms with van der Waals surface area (Å²) in [5.41, 5.74) is 1.29. The van der Waals surface area contributed by atoms with Crippen LogP contribution in [0.25, 0.3) is 0 Å². The Morgan fingerprint density at radius 1 is 1.44 bits per heavy atom. The maximum atomic E-state index is 11.5. The number of ether oxygens (including phenoxy) is 1. The summed E-state index contributed by atoms with van der Waals surface area (Å²) in [5.74, 6) is -1.01. The Labute approximate surface area is 105 Å². The molecule has 0 unspecified atom stereocenters. The van der Waals surface area contributed by atoms with Crippen molar-refractivity contribution >= 4 is 17.4 Å². The number of methoxy groups -OCH3 is 1. The monoisotopic (exact) mass is 244 g/mol. The molecule has 1 aromatic rings. The number of benzene rings is 1. The van der Waals surface area contributed by atoms with E-state index in [-0.39, 0.29) is 12.3 Å². The fraction of sp³-hybridized carbons (Fsp3) is 0.308. The molecule has 0 amide bonds. The first-order valence-corrected chi connectivity index (χ1v) is 5.51. The van der Waals surface area contributed by atoms with Crippen molar-refractivity contribution in [2.45, 2.75) is 0 Å². The number of rotatable bonds is 2. The molecule has 18 heavy (non-hydrogen) atoms. The number of carbonyl (C=O) groups excluding carboxylic acids is 2. The molecule has 1 aliphatic heterocycles. The normalized spacial score (nSPS) is 18.6. The van der Waals surface area contributed by atoms with Crippen LogP contribution in [0.5, 0.6) is 0 Å².